The van der Waals surface area contributed by atoms with E-state index in [1.165, 1.54) is 32.1 Å². The molecule has 0 radical (unpaired) electrons. The Bertz CT molecular complexity index is 539. The Morgan fingerprint density at radius 2 is 1.87 bits per heavy atom. The zero-order valence-electron chi connectivity index (χ0n) is 12.3. The molecule has 0 aromatic carbocycles. The third kappa shape index (κ3) is 6.31. The molecule has 2 atom stereocenters. The summed E-state index contributed by atoms with van der Waals surface area (Å²) in [6.45, 7) is -0.832. The van der Waals surface area contributed by atoms with Crippen LogP contribution in [0.15, 0.2) is 11.5 Å². The molecule has 134 valence electrons. The van der Waals surface area contributed by atoms with Crippen LogP contribution in [0.5, 0.6) is 0 Å². The lowest BCUT2D eigenvalue weighted by molar-refractivity contribution is -0.147. The lowest BCUT2D eigenvalue weighted by atomic mass is 9.97. The van der Waals surface area contributed by atoms with Gasteiger partial charge in [0, 0.05) is 6.04 Å². The van der Waals surface area contributed by atoms with Crippen molar-refractivity contribution in [3.63, 3.8) is 0 Å². The maximum atomic E-state index is 11.0. The molecular formula is C12H21NO9S. The molecule has 1 aliphatic heterocycles. The molecule has 0 bridgehead atoms. The average Bonchev–Trinajstić information content (AvgIpc) is 2.74. The number of rotatable bonds is 4. The van der Waals surface area contributed by atoms with Gasteiger partial charge in [-0.15, -0.1) is 0 Å². The molecule has 10 nitrogen and oxygen atoms in total. The Morgan fingerprint density at radius 1 is 1.30 bits per heavy atom. The zero-order chi connectivity index (χ0) is 17.6. The molecular weight excluding hydrogens is 334 g/mol. The van der Waals surface area contributed by atoms with Crippen LogP contribution in [0.4, 0.5) is 0 Å². The minimum absolute atomic E-state index is 0.536. The molecule has 0 spiro atoms. The van der Waals surface area contributed by atoms with E-state index in [2.05, 4.69) is 8.92 Å². The van der Waals surface area contributed by atoms with Gasteiger partial charge in [0.15, 0.2) is 11.9 Å². The maximum absolute atomic E-state index is 11.0. The third-order valence-corrected chi connectivity index (χ3v) is 3.67. The highest BCUT2D eigenvalue weighted by Crippen LogP contribution is 2.25. The fourth-order valence-corrected chi connectivity index (χ4v) is 2.50. The summed E-state index contributed by atoms with van der Waals surface area (Å²) in [4.78, 5) is 11.0. The van der Waals surface area contributed by atoms with Gasteiger partial charge in [-0.25, -0.2) is 4.79 Å². The van der Waals surface area contributed by atoms with Crippen LogP contribution in [-0.2, 0) is 24.1 Å². The SMILES string of the molecule is NC1CCCCC1.O=C1O[C@H]([C@@H](O)CO)C(O)=C1OS(=O)(=O)O. The number of nitrogens with two attached hydrogens (primary N) is 1. The summed E-state index contributed by atoms with van der Waals surface area (Å²) < 4.78 is 36.9. The van der Waals surface area contributed by atoms with Crippen LogP contribution in [0.1, 0.15) is 32.1 Å². The van der Waals surface area contributed by atoms with Gasteiger partial charge in [-0.2, -0.15) is 8.42 Å². The summed E-state index contributed by atoms with van der Waals surface area (Å²) in [5.41, 5.74) is 5.63. The highest BCUT2D eigenvalue weighted by molar-refractivity contribution is 7.81. The lowest BCUT2D eigenvalue weighted by Crippen LogP contribution is -2.31. The fraction of sp³-hybridized carbons (Fsp3) is 0.750. The van der Waals surface area contributed by atoms with Crippen LogP contribution in [0.2, 0.25) is 0 Å². The summed E-state index contributed by atoms with van der Waals surface area (Å²) in [6.07, 6.45) is 3.40. The topological polar surface area (TPSA) is 177 Å². The van der Waals surface area contributed by atoms with Crippen molar-refractivity contribution in [2.24, 2.45) is 5.73 Å². The molecule has 2 aliphatic rings. The predicted molar refractivity (Wildman–Crippen MR) is 76.3 cm³/mol. The molecule has 1 aliphatic carbocycles. The molecule has 23 heavy (non-hydrogen) atoms. The second kappa shape index (κ2) is 8.45. The first-order valence-corrected chi connectivity index (χ1v) is 8.37. The van der Waals surface area contributed by atoms with E-state index < -0.39 is 46.7 Å². The van der Waals surface area contributed by atoms with Gasteiger partial charge in [-0.05, 0) is 12.8 Å². The second-order valence-electron chi connectivity index (χ2n) is 5.20. The molecule has 11 heteroatoms. The number of ether oxygens (including phenoxy) is 1. The Labute approximate surface area is 133 Å². The molecule has 6 N–H and O–H groups in total. The van der Waals surface area contributed by atoms with Crippen LogP contribution in [0.25, 0.3) is 0 Å². The van der Waals surface area contributed by atoms with Gasteiger partial charge in [-0.1, -0.05) is 19.3 Å². The van der Waals surface area contributed by atoms with E-state index in [1.54, 1.807) is 0 Å². The highest BCUT2D eigenvalue weighted by Gasteiger charge is 2.42. The average molecular weight is 355 g/mol. The largest absolute Gasteiger partial charge is 0.505 e. The number of esters is 1. The minimum atomic E-state index is -4.99. The molecule has 1 heterocycles. The molecule has 0 unspecified atom stereocenters. The Morgan fingerprint density at radius 3 is 2.26 bits per heavy atom. The lowest BCUT2D eigenvalue weighted by Gasteiger charge is -2.15. The summed E-state index contributed by atoms with van der Waals surface area (Å²) in [5, 5.41) is 26.9. The molecule has 1 fully saturated rings. The van der Waals surface area contributed by atoms with Crippen LogP contribution in [0, 0.1) is 0 Å². The third-order valence-electron chi connectivity index (χ3n) is 3.30. The normalized spacial score (nSPS) is 23.8. The van der Waals surface area contributed by atoms with Crippen molar-refractivity contribution >= 4 is 16.4 Å². The van der Waals surface area contributed by atoms with Crippen molar-refractivity contribution in [1.29, 1.82) is 0 Å². The van der Waals surface area contributed by atoms with E-state index in [4.69, 9.17) is 20.5 Å². The number of hydrogen-bond donors (Lipinski definition) is 5. The maximum Gasteiger partial charge on any atom is 0.446 e. The van der Waals surface area contributed by atoms with Gasteiger partial charge >= 0.3 is 16.4 Å². The number of carbonyl (C=O) groups excluding carboxylic acids is 1. The predicted octanol–water partition coefficient (Wildman–Crippen LogP) is -0.868. The fourth-order valence-electron chi connectivity index (χ4n) is 2.13. The monoisotopic (exact) mass is 355 g/mol. The van der Waals surface area contributed by atoms with Gasteiger partial charge < -0.3 is 30.0 Å². The Balaban J connectivity index is 0.000000313. The van der Waals surface area contributed by atoms with Crippen LogP contribution in [0.3, 0.4) is 0 Å². The van der Waals surface area contributed by atoms with Gasteiger partial charge in [-0.3, -0.25) is 4.55 Å². The van der Waals surface area contributed by atoms with E-state index in [-0.39, 0.29) is 0 Å². The van der Waals surface area contributed by atoms with Crippen molar-refractivity contribution in [3.05, 3.63) is 11.5 Å². The molecule has 0 aromatic rings. The zero-order valence-corrected chi connectivity index (χ0v) is 13.1. The second-order valence-corrected chi connectivity index (χ2v) is 6.22. The van der Waals surface area contributed by atoms with E-state index in [0.717, 1.165) is 0 Å². The van der Waals surface area contributed by atoms with Crippen molar-refractivity contribution in [1.82, 2.24) is 0 Å². The number of aliphatic hydroxyl groups is 3. The molecule has 2 rings (SSSR count). The summed E-state index contributed by atoms with van der Waals surface area (Å²) in [6, 6.07) is 0.536. The molecule has 0 amide bonds. The smallest absolute Gasteiger partial charge is 0.446 e. The first kappa shape index (κ1) is 19.6. The number of aliphatic hydroxyl groups excluding tert-OH is 3. The van der Waals surface area contributed by atoms with Crippen molar-refractivity contribution in [3.8, 4) is 0 Å². The van der Waals surface area contributed by atoms with Crippen LogP contribution >= 0.6 is 0 Å². The van der Waals surface area contributed by atoms with E-state index in [0.29, 0.717) is 6.04 Å². The van der Waals surface area contributed by atoms with Gasteiger partial charge in [0.25, 0.3) is 5.76 Å². The summed E-state index contributed by atoms with van der Waals surface area (Å²) in [5.74, 6) is -3.56. The standard InChI is InChI=1S/C6H13N.C6H8O9S/c7-6-4-2-1-3-5-6;7-1-2(8)4-3(9)5(6(10)14-4)15-16(11,12)13/h6H,1-5,7H2;2,4,7-9H,1H2,(H,11,12,13)/t;2-,4+/m.0/s1. The molecule has 0 saturated heterocycles. The first-order chi connectivity index (χ1) is 10.7. The number of hydrogen-bond acceptors (Lipinski definition) is 9. The Kier molecular flexibility index (Phi) is 7.22. The number of cyclic esters (lactones) is 1. The first-order valence-electron chi connectivity index (χ1n) is 7.01. The van der Waals surface area contributed by atoms with Gasteiger partial charge in [0.2, 0.25) is 0 Å². The van der Waals surface area contributed by atoms with Crippen molar-refractivity contribution < 1.29 is 42.0 Å². The van der Waals surface area contributed by atoms with Gasteiger partial charge in [0.05, 0.1) is 6.61 Å². The van der Waals surface area contributed by atoms with Crippen LogP contribution in [-0.4, -0.2) is 59.1 Å². The minimum Gasteiger partial charge on any atom is -0.505 e. The quantitative estimate of drug-likeness (QED) is 0.314. The van der Waals surface area contributed by atoms with Crippen molar-refractivity contribution in [2.45, 2.75) is 50.4 Å². The summed E-state index contributed by atoms with van der Waals surface area (Å²) in [7, 11) is -4.99. The summed E-state index contributed by atoms with van der Waals surface area (Å²) >= 11 is 0. The van der Waals surface area contributed by atoms with Gasteiger partial charge in [0.1, 0.15) is 6.10 Å². The highest BCUT2D eigenvalue weighted by atomic mass is 32.3. The van der Waals surface area contributed by atoms with E-state index >= 15 is 0 Å². The Hall–Kier alpha value is -1.40. The van der Waals surface area contributed by atoms with Crippen LogP contribution < -0.4 is 5.73 Å². The van der Waals surface area contributed by atoms with E-state index in [9.17, 15) is 18.3 Å². The molecule has 1 saturated carbocycles. The van der Waals surface area contributed by atoms with E-state index in [1.807, 2.05) is 0 Å². The number of carbonyl (C=O) groups is 1. The van der Waals surface area contributed by atoms with Crippen molar-refractivity contribution in [2.75, 3.05) is 6.61 Å². The molecule has 0 aromatic heterocycles.